The second-order valence-corrected chi connectivity index (χ2v) is 7.97. The van der Waals surface area contributed by atoms with Crippen molar-refractivity contribution in [3.05, 3.63) is 53.1 Å². The number of fused-ring (bicyclic) bond motifs is 1. The normalized spacial score (nSPS) is 14.6. The lowest BCUT2D eigenvalue weighted by Gasteiger charge is -2.34. The van der Waals surface area contributed by atoms with E-state index in [1.807, 2.05) is 4.90 Å². The van der Waals surface area contributed by atoms with Crippen molar-refractivity contribution in [3.63, 3.8) is 0 Å². The van der Waals surface area contributed by atoms with Crippen LogP contribution in [0.2, 0.25) is 5.02 Å². The van der Waals surface area contributed by atoms with Gasteiger partial charge in [-0.15, -0.1) is 0 Å². The molecule has 27 heavy (non-hydrogen) atoms. The molecule has 2 aromatic carbocycles. The third kappa shape index (κ3) is 4.01. The van der Waals surface area contributed by atoms with Crippen molar-refractivity contribution in [2.75, 3.05) is 37.7 Å². The van der Waals surface area contributed by atoms with Crippen LogP contribution in [0.4, 0.5) is 5.13 Å². The van der Waals surface area contributed by atoms with Crippen LogP contribution in [0.3, 0.4) is 0 Å². The molecular formula is C20H20ClN3O2S. The van der Waals surface area contributed by atoms with Crippen LogP contribution in [0.25, 0.3) is 10.2 Å². The monoisotopic (exact) mass is 401 g/mol. The maximum atomic E-state index is 12.4. The number of para-hydroxylation sites is 1. The molecular weight excluding hydrogens is 382 g/mol. The lowest BCUT2D eigenvalue weighted by atomic mass is 10.2. The quantitative estimate of drug-likeness (QED) is 0.663. The molecule has 1 amide bonds. The van der Waals surface area contributed by atoms with Crippen molar-refractivity contribution in [3.8, 4) is 5.75 Å². The molecule has 2 heterocycles. The number of piperazine rings is 1. The summed E-state index contributed by atoms with van der Waals surface area (Å²) in [5, 5.41) is 1.68. The van der Waals surface area contributed by atoms with Crippen LogP contribution in [0, 0.1) is 6.92 Å². The molecule has 3 aromatic rings. The van der Waals surface area contributed by atoms with Crippen molar-refractivity contribution in [1.29, 1.82) is 0 Å². The van der Waals surface area contributed by atoms with Crippen molar-refractivity contribution in [2.24, 2.45) is 0 Å². The fourth-order valence-corrected chi connectivity index (χ4v) is 4.35. The summed E-state index contributed by atoms with van der Waals surface area (Å²) in [6.45, 7) is 5.05. The zero-order valence-electron chi connectivity index (χ0n) is 15.0. The molecule has 0 radical (unpaired) electrons. The van der Waals surface area contributed by atoms with Gasteiger partial charge in [0.2, 0.25) is 0 Å². The van der Waals surface area contributed by atoms with Crippen LogP contribution in [0.1, 0.15) is 5.56 Å². The molecule has 5 nitrogen and oxygen atoms in total. The fraction of sp³-hybridized carbons (Fsp3) is 0.300. The first-order valence-corrected chi connectivity index (χ1v) is 10.1. The number of carbonyl (C=O) groups excluding carboxylic acids is 1. The second kappa shape index (κ2) is 7.74. The van der Waals surface area contributed by atoms with Gasteiger partial charge < -0.3 is 14.5 Å². The summed E-state index contributed by atoms with van der Waals surface area (Å²) in [6.07, 6.45) is 0. The molecule has 1 saturated heterocycles. The van der Waals surface area contributed by atoms with Gasteiger partial charge in [0.25, 0.3) is 5.91 Å². The first kappa shape index (κ1) is 18.1. The number of hydrogen-bond acceptors (Lipinski definition) is 5. The van der Waals surface area contributed by atoms with E-state index in [1.54, 1.807) is 35.6 Å². The number of aryl methyl sites for hydroxylation is 1. The van der Waals surface area contributed by atoms with Gasteiger partial charge in [-0.1, -0.05) is 35.1 Å². The molecule has 0 unspecified atom stereocenters. The molecule has 0 atom stereocenters. The molecule has 0 spiro atoms. The SMILES string of the molecule is Cc1cccc2sc(N3CCN(C(=O)COc4ccc(Cl)cc4)CC3)nc12. The molecule has 1 fully saturated rings. The molecule has 1 aliphatic heterocycles. The predicted molar refractivity (Wildman–Crippen MR) is 110 cm³/mol. The van der Waals surface area contributed by atoms with Gasteiger partial charge in [0.05, 0.1) is 10.2 Å². The Hall–Kier alpha value is -2.31. The first-order valence-electron chi connectivity index (χ1n) is 8.87. The molecule has 1 aromatic heterocycles. The number of benzene rings is 2. The highest BCUT2D eigenvalue weighted by Gasteiger charge is 2.23. The molecule has 1 aliphatic rings. The minimum Gasteiger partial charge on any atom is -0.484 e. The number of thiazole rings is 1. The van der Waals surface area contributed by atoms with Crippen LogP contribution in [0.15, 0.2) is 42.5 Å². The first-order chi connectivity index (χ1) is 13.1. The molecule has 0 saturated carbocycles. The largest absolute Gasteiger partial charge is 0.484 e. The number of ether oxygens (including phenoxy) is 1. The zero-order chi connectivity index (χ0) is 18.8. The van der Waals surface area contributed by atoms with Crippen molar-refractivity contribution in [2.45, 2.75) is 6.92 Å². The Bertz CT molecular complexity index is 950. The maximum Gasteiger partial charge on any atom is 0.260 e. The highest BCUT2D eigenvalue weighted by molar-refractivity contribution is 7.22. The summed E-state index contributed by atoms with van der Waals surface area (Å²) in [5.74, 6) is 0.654. The van der Waals surface area contributed by atoms with Gasteiger partial charge >= 0.3 is 0 Å². The minimum absolute atomic E-state index is 0.00439. The number of rotatable bonds is 4. The van der Waals surface area contributed by atoms with Crippen LogP contribution < -0.4 is 9.64 Å². The van der Waals surface area contributed by atoms with Crippen molar-refractivity contribution >= 4 is 44.2 Å². The molecule has 4 rings (SSSR count). The third-order valence-electron chi connectivity index (χ3n) is 4.69. The van der Waals surface area contributed by atoms with Gasteiger partial charge in [-0.25, -0.2) is 4.98 Å². The molecule has 0 bridgehead atoms. The number of aromatic nitrogens is 1. The zero-order valence-corrected chi connectivity index (χ0v) is 16.6. The Balaban J connectivity index is 1.33. The summed E-state index contributed by atoms with van der Waals surface area (Å²) < 4.78 is 6.78. The van der Waals surface area contributed by atoms with Gasteiger partial charge in [-0.05, 0) is 42.8 Å². The fourth-order valence-electron chi connectivity index (χ4n) is 3.12. The van der Waals surface area contributed by atoms with E-state index in [1.165, 1.54) is 10.3 Å². The lowest BCUT2D eigenvalue weighted by Crippen LogP contribution is -2.50. The number of hydrogen-bond donors (Lipinski definition) is 0. The number of carbonyl (C=O) groups is 1. The average molecular weight is 402 g/mol. The Kier molecular flexibility index (Phi) is 5.18. The van der Waals surface area contributed by atoms with Gasteiger partial charge in [0.1, 0.15) is 5.75 Å². The average Bonchev–Trinajstić information content (AvgIpc) is 3.13. The Morgan fingerprint density at radius 1 is 1.15 bits per heavy atom. The number of halogens is 1. The van der Waals surface area contributed by atoms with Crippen molar-refractivity contribution < 1.29 is 9.53 Å². The number of anilines is 1. The van der Waals surface area contributed by atoms with Crippen LogP contribution >= 0.6 is 22.9 Å². The summed E-state index contributed by atoms with van der Waals surface area (Å²) in [7, 11) is 0. The van der Waals surface area contributed by atoms with E-state index < -0.39 is 0 Å². The van der Waals surface area contributed by atoms with Crippen LogP contribution in [-0.4, -0.2) is 48.6 Å². The molecule has 0 N–H and O–H groups in total. The van der Waals surface area contributed by atoms with Crippen molar-refractivity contribution in [1.82, 2.24) is 9.88 Å². The summed E-state index contributed by atoms with van der Waals surface area (Å²) in [5.41, 5.74) is 2.27. The summed E-state index contributed by atoms with van der Waals surface area (Å²) in [6, 6.07) is 13.3. The van der Waals surface area contributed by atoms with E-state index in [9.17, 15) is 4.79 Å². The van der Waals surface area contributed by atoms with Crippen LogP contribution in [0.5, 0.6) is 5.75 Å². The highest BCUT2D eigenvalue weighted by atomic mass is 35.5. The topological polar surface area (TPSA) is 45.7 Å². The molecule has 0 aliphatic carbocycles. The predicted octanol–water partition coefficient (Wildman–Crippen LogP) is 3.99. The Labute approximate surface area is 167 Å². The van der Waals surface area contributed by atoms with Gasteiger partial charge in [-0.2, -0.15) is 0 Å². The number of amides is 1. The minimum atomic E-state index is 0.00439. The van der Waals surface area contributed by atoms with Gasteiger partial charge in [-0.3, -0.25) is 4.79 Å². The molecule has 140 valence electrons. The second-order valence-electron chi connectivity index (χ2n) is 6.53. The van der Waals surface area contributed by atoms with E-state index in [0.29, 0.717) is 23.9 Å². The highest BCUT2D eigenvalue weighted by Crippen LogP contribution is 2.31. The van der Waals surface area contributed by atoms with E-state index in [4.69, 9.17) is 21.3 Å². The standard InChI is InChI=1S/C20H20ClN3O2S/c1-14-3-2-4-17-19(14)22-20(27-17)24-11-9-23(10-12-24)18(25)13-26-16-7-5-15(21)6-8-16/h2-8H,9-13H2,1H3. The Morgan fingerprint density at radius 3 is 2.59 bits per heavy atom. The smallest absolute Gasteiger partial charge is 0.260 e. The molecule has 7 heteroatoms. The van der Waals surface area contributed by atoms with Gasteiger partial charge in [0, 0.05) is 31.2 Å². The van der Waals surface area contributed by atoms with Crippen LogP contribution in [-0.2, 0) is 4.79 Å². The van der Waals surface area contributed by atoms with E-state index in [0.717, 1.165) is 23.7 Å². The van der Waals surface area contributed by atoms with E-state index in [-0.39, 0.29) is 12.5 Å². The summed E-state index contributed by atoms with van der Waals surface area (Å²) in [4.78, 5) is 21.3. The third-order valence-corrected chi connectivity index (χ3v) is 6.02. The van der Waals surface area contributed by atoms with Gasteiger partial charge in [0.15, 0.2) is 11.7 Å². The number of nitrogens with zero attached hydrogens (tertiary/aromatic N) is 3. The van der Waals surface area contributed by atoms with E-state index in [2.05, 4.69) is 30.0 Å². The van der Waals surface area contributed by atoms with E-state index >= 15 is 0 Å². The maximum absolute atomic E-state index is 12.4. The Morgan fingerprint density at radius 2 is 1.89 bits per heavy atom. The lowest BCUT2D eigenvalue weighted by molar-refractivity contribution is -0.133. The summed E-state index contributed by atoms with van der Waals surface area (Å²) >= 11 is 7.57.